The molecule has 0 aromatic heterocycles. The Morgan fingerprint density at radius 2 is 1.95 bits per heavy atom. The normalized spacial score (nSPS) is 13.6. The smallest absolute Gasteiger partial charge is 0.269 e. The summed E-state index contributed by atoms with van der Waals surface area (Å²) in [6.45, 7) is 4.41. The molecule has 5 heteroatoms. The van der Waals surface area contributed by atoms with Gasteiger partial charge in [0.2, 0.25) is 0 Å². The minimum atomic E-state index is -0.786. The summed E-state index contributed by atoms with van der Waals surface area (Å²) >= 11 is 0. The average molecular weight is 300 g/mol. The van der Waals surface area contributed by atoms with E-state index < -0.39 is 11.0 Å². The lowest BCUT2D eigenvalue weighted by Crippen LogP contribution is -2.25. The summed E-state index contributed by atoms with van der Waals surface area (Å²) in [6.07, 6.45) is -0.786. The van der Waals surface area contributed by atoms with Gasteiger partial charge in [-0.1, -0.05) is 36.4 Å². The lowest BCUT2D eigenvalue weighted by molar-refractivity contribution is -0.385. The first kappa shape index (κ1) is 16.1. The fourth-order valence-electron chi connectivity index (χ4n) is 2.43. The van der Waals surface area contributed by atoms with Crippen molar-refractivity contribution in [3.8, 4) is 0 Å². The highest BCUT2D eigenvalue weighted by Gasteiger charge is 2.14. The standard InChI is InChI=1S/C17H20N2O3/c1-12-6-3-4-9-16(12)13(2)18-11-17(20)14-7-5-8-15(10-14)19(21)22/h3-10,13,17-18,20H,11H2,1-2H3. The molecule has 2 rings (SSSR count). The molecular weight excluding hydrogens is 280 g/mol. The molecule has 0 fully saturated rings. The molecule has 2 atom stereocenters. The highest BCUT2D eigenvalue weighted by atomic mass is 16.6. The van der Waals surface area contributed by atoms with Crippen molar-refractivity contribution in [3.63, 3.8) is 0 Å². The van der Waals surface area contributed by atoms with E-state index in [9.17, 15) is 15.2 Å². The molecule has 2 aromatic carbocycles. The Morgan fingerprint density at radius 1 is 1.23 bits per heavy atom. The van der Waals surface area contributed by atoms with Crippen molar-refractivity contribution >= 4 is 5.69 Å². The van der Waals surface area contributed by atoms with Gasteiger partial charge in [-0.3, -0.25) is 10.1 Å². The fraction of sp³-hybridized carbons (Fsp3) is 0.294. The molecule has 0 saturated carbocycles. The van der Waals surface area contributed by atoms with Gasteiger partial charge in [-0.2, -0.15) is 0 Å². The third kappa shape index (κ3) is 3.90. The van der Waals surface area contributed by atoms with E-state index in [0.29, 0.717) is 12.1 Å². The lowest BCUT2D eigenvalue weighted by Gasteiger charge is -2.19. The number of aliphatic hydroxyl groups is 1. The number of aryl methyl sites for hydroxylation is 1. The van der Waals surface area contributed by atoms with Gasteiger partial charge < -0.3 is 10.4 Å². The zero-order valence-corrected chi connectivity index (χ0v) is 12.7. The number of nitro groups is 1. The Morgan fingerprint density at radius 3 is 2.64 bits per heavy atom. The zero-order valence-electron chi connectivity index (χ0n) is 12.7. The van der Waals surface area contributed by atoms with Crippen LogP contribution in [0, 0.1) is 17.0 Å². The van der Waals surface area contributed by atoms with Gasteiger partial charge in [0.25, 0.3) is 5.69 Å². The third-order valence-electron chi connectivity index (χ3n) is 3.74. The maximum absolute atomic E-state index is 10.8. The molecule has 0 aliphatic rings. The second-order valence-electron chi connectivity index (χ2n) is 5.35. The number of non-ortho nitro benzene ring substituents is 1. The van der Waals surface area contributed by atoms with Gasteiger partial charge in [0, 0.05) is 24.7 Å². The Kier molecular flexibility index (Phi) is 5.25. The van der Waals surface area contributed by atoms with Crippen molar-refractivity contribution < 1.29 is 10.0 Å². The first-order valence-electron chi connectivity index (χ1n) is 7.20. The van der Waals surface area contributed by atoms with Crippen LogP contribution in [0.4, 0.5) is 5.69 Å². The molecule has 2 N–H and O–H groups in total. The molecule has 0 saturated heterocycles. The van der Waals surface area contributed by atoms with Crippen molar-refractivity contribution in [3.05, 3.63) is 75.3 Å². The van der Waals surface area contributed by atoms with E-state index in [1.807, 2.05) is 38.1 Å². The third-order valence-corrected chi connectivity index (χ3v) is 3.74. The van der Waals surface area contributed by atoms with Crippen LogP contribution in [0.3, 0.4) is 0 Å². The van der Waals surface area contributed by atoms with Crippen LogP contribution >= 0.6 is 0 Å². The van der Waals surface area contributed by atoms with Crippen LogP contribution in [-0.2, 0) is 0 Å². The number of aliphatic hydroxyl groups excluding tert-OH is 1. The first-order valence-corrected chi connectivity index (χ1v) is 7.20. The maximum atomic E-state index is 10.8. The predicted octanol–water partition coefficient (Wildman–Crippen LogP) is 3.29. The molecule has 0 radical (unpaired) electrons. The minimum absolute atomic E-state index is 0.0106. The summed E-state index contributed by atoms with van der Waals surface area (Å²) in [5, 5.41) is 24.2. The van der Waals surface area contributed by atoms with Gasteiger partial charge in [-0.25, -0.2) is 0 Å². The summed E-state index contributed by atoms with van der Waals surface area (Å²) in [7, 11) is 0. The van der Waals surface area contributed by atoms with Gasteiger partial charge in [0.1, 0.15) is 0 Å². The van der Waals surface area contributed by atoms with E-state index in [-0.39, 0.29) is 11.7 Å². The van der Waals surface area contributed by atoms with E-state index >= 15 is 0 Å². The summed E-state index contributed by atoms with van der Waals surface area (Å²) < 4.78 is 0. The van der Waals surface area contributed by atoms with Gasteiger partial charge in [-0.15, -0.1) is 0 Å². The van der Waals surface area contributed by atoms with Crippen molar-refractivity contribution in [1.29, 1.82) is 0 Å². The number of hydrogen-bond donors (Lipinski definition) is 2. The number of nitrogens with zero attached hydrogens (tertiary/aromatic N) is 1. The largest absolute Gasteiger partial charge is 0.387 e. The number of rotatable bonds is 6. The molecule has 5 nitrogen and oxygen atoms in total. The number of benzene rings is 2. The molecule has 0 bridgehead atoms. The zero-order chi connectivity index (χ0) is 16.1. The Bertz CT molecular complexity index is 658. The second kappa shape index (κ2) is 7.15. The maximum Gasteiger partial charge on any atom is 0.269 e. The summed E-state index contributed by atoms with van der Waals surface area (Å²) in [4.78, 5) is 10.3. The molecule has 0 amide bonds. The Hall–Kier alpha value is -2.24. The predicted molar refractivity (Wildman–Crippen MR) is 85.7 cm³/mol. The van der Waals surface area contributed by atoms with Crippen molar-refractivity contribution in [2.24, 2.45) is 0 Å². The number of hydrogen-bond acceptors (Lipinski definition) is 4. The molecule has 0 spiro atoms. The average Bonchev–Trinajstić information content (AvgIpc) is 2.52. The van der Waals surface area contributed by atoms with Crippen LogP contribution in [0.15, 0.2) is 48.5 Å². The minimum Gasteiger partial charge on any atom is -0.387 e. The van der Waals surface area contributed by atoms with Crippen LogP contribution < -0.4 is 5.32 Å². The molecule has 116 valence electrons. The van der Waals surface area contributed by atoms with Crippen LogP contribution in [-0.4, -0.2) is 16.6 Å². The fourth-order valence-corrected chi connectivity index (χ4v) is 2.43. The Balaban J connectivity index is 2.01. The van der Waals surface area contributed by atoms with Crippen LogP contribution in [0.1, 0.15) is 35.8 Å². The van der Waals surface area contributed by atoms with E-state index in [1.54, 1.807) is 12.1 Å². The van der Waals surface area contributed by atoms with E-state index in [1.165, 1.54) is 23.3 Å². The molecule has 2 unspecified atom stereocenters. The van der Waals surface area contributed by atoms with Gasteiger partial charge in [0.05, 0.1) is 11.0 Å². The quantitative estimate of drug-likeness (QED) is 0.634. The van der Waals surface area contributed by atoms with Crippen molar-refractivity contribution in [2.45, 2.75) is 26.0 Å². The van der Waals surface area contributed by atoms with Crippen molar-refractivity contribution in [2.75, 3.05) is 6.54 Å². The topological polar surface area (TPSA) is 75.4 Å². The highest BCUT2D eigenvalue weighted by Crippen LogP contribution is 2.21. The van der Waals surface area contributed by atoms with Crippen LogP contribution in [0.2, 0.25) is 0 Å². The molecule has 0 aliphatic carbocycles. The molecule has 0 heterocycles. The SMILES string of the molecule is Cc1ccccc1C(C)NCC(O)c1cccc([N+](=O)[O-])c1. The van der Waals surface area contributed by atoms with Crippen LogP contribution in [0.25, 0.3) is 0 Å². The number of nitrogens with one attached hydrogen (secondary N) is 1. The monoisotopic (exact) mass is 300 g/mol. The van der Waals surface area contributed by atoms with E-state index in [0.717, 1.165) is 0 Å². The summed E-state index contributed by atoms with van der Waals surface area (Å²) in [5.74, 6) is 0. The summed E-state index contributed by atoms with van der Waals surface area (Å²) in [5.41, 5.74) is 2.89. The van der Waals surface area contributed by atoms with E-state index in [4.69, 9.17) is 0 Å². The van der Waals surface area contributed by atoms with Crippen molar-refractivity contribution in [1.82, 2.24) is 5.32 Å². The number of nitro benzene ring substituents is 1. The molecular formula is C17H20N2O3. The summed E-state index contributed by atoms with van der Waals surface area (Å²) in [6, 6.07) is 14.3. The first-order chi connectivity index (χ1) is 10.5. The molecule has 0 aliphatic heterocycles. The Labute approximate surface area is 129 Å². The highest BCUT2D eigenvalue weighted by molar-refractivity contribution is 5.35. The van der Waals surface area contributed by atoms with Gasteiger partial charge >= 0.3 is 0 Å². The lowest BCUT2D eigenvalue weighted by atomic mass is 10.0. The van der Waals surface area contributed by atoms with E-state index in [2.05, 4.69) is 5.32 Å². The second-order valence-corrected chi connectivity index (χ2v) is 5.35. The molecule has 22 heavy (non-hydrogen) atoms. The van der Waals surface area contributed by atoms with Gasteiger partial charge in [0.15, 0.2) is 0 Å². The van der Waals surface area contributed by atoms with Gasteiger partial charge in [-0.05, 0) is 30.5 Å². The van der Waals surface area contributed by atoms with Crippen LogP contribution in [0.5, 0.6) is 0 Å². The molecule has 2 aromatic rings.